The zero-order valence-electron chi connectivity index (χ0n) is 11.3. The number of hydrogen-bond donors (Lipinski definition) is 0. The lowest BCUT2D eigenvalue weighted by atomic mass is 9.98. The zero-order chi connectivity index (χ0) is 13.8. The van der Waals surface area contributed by atoms with E-state index in [0.717, 1.165) is 28.7 Å². The third-order valence-corrected chi connectivity index (χ3v) is 3.30. The van der Waals surface area contributed by atoms with E-state index in [1.807, 2.05) is 26.0 Å². The first-order chi connectivity index (χ1) is 9.13. The Hall–Kier alpha value is -2.44. The largest absolute Gasteiger partial charge is 0.115 e. The van der Waals surface area contributed by atoms with Crippen molar-refractivity contribution < 1.29 is 0 Å². The molecule has 0 heterocycles. The van der Waals surface area contributed by atoms with Gasteiger partial charge >= 0.3 is 0 Å². The third-order valence-electron chi connectivity index (χ3n) is 3.30. The van der Waals surface area contributed by atoms with Crippen molar-refractivity contribution in [3.05, 3.63) is 69.8 Å². The van der Waals surface area contributed by atoms with Crippen LogP contribution in [0.1, 0.15) is 33.4 Å². The van der Waals surface area contributed by atoms with Crippen LogP contribution in [0.25, 0.3) is 0 Å². The molecule has 0 aliphatic rings. The minimum atomic E-state index is 0.900. The Labute approximate surface area is 115 Å². The summed E-state index contributed by atoms with van der Waals surface area (Å²) in [5.41, 5.74) is 6.76. The lowest BCUT2D eigenvalue weighted by molar-refractivity contribution is 1.17. The van der Waals surface area contributed by atoms with E-state index in [1.54, 1.807) is 0 Å². The van der Waals surface area contributed by atoms with Crippen molar-refractivity contribution in [2.24, 2.45) is 0 Å². The van der Waals surface area contributed by atoms with Crippen molar-refractivity contribution in [1.29, 1.82) is 0 Å². The highest BCUT2D eigenvalue weighted by molar-refractivity contribution is 5.45. The van der Waals surface area contributed by atoms with Gasteiger partial charge in [0.2, 0.25) is 0 Å². The van der Waals surface area contributed by atoms with Gasteiger partial charge in [0.1, 0.15) is 0 Å². The highest BCUT2D eigenvalue weighted by Gasteiger charge is 2.02. The smallest absolute Gasteiger partial charge is 0.0271 e. The fourth-order valence-corrected chi connectivity index (χ4v) is 2.23. The van der Waals surface area contributed by atoms with Crippen molar-refractivity contribution in [2.75, 3.05) is 0 Å². The van der Waals surface area contributed by atoms with Crippen molar-refractivity contribution in [3.63, 3.8) is 0 Å². The van der Waals surface area contributed by atoms with Gasteiger partial charge in [-0.25, -0.2) is 0 Å². The van der Waals surface area contributed by atoms with Crippen LogP contribution < -0.4 is 0 Å². The van der Waals surface area contributed by atoms with E-state index in [-0.39, 0.29) is 0 Å². The number of hydrogen-bond acceptors (Lipinski definition) is 0. The summed E-state index contributed by atoms with van der Waals surface area (Å²) in [7, 11) is 0. The van der Waals surface area contributed by atoms with Crippen LogP contribution in [0.5, 0.6) is 0 Å². The standard InChI is InChI=1S/C19H16/c1-5-18-9-7-16(11-14(18)3)13-17-8-10-19(6-2)15(4)12-17/h1-2,7-12H,13H2,3-4H3. The van der Waals surface area contributed by atoms with Crippen LogP contribution in [-0.4, -0.2) is 0 Å². The van der Waals surface area contributed by atoms with E-state index >= 15 is 0 Å². The molecule has 0 bridgehead atoms. The molecule has 0 aliphatic heterocycles. The second-order valence-electron chi connectivity index (χ2n) is 4.76. The molecule has 0 spiro atoms. The second-order valence-corrected chi connectivity index (χ2v) is 4.76. The lowest BCUT2D eigenvalue weighted by Crippen LogP contribution is -1.93. The molecular formula is C19H16. The van der Waals surface area contributed by atoms with Crippen molar-refractivity contribution >= 4 is 0 Å². The average molecular weight is 244 g/mol. The topological polar surface area (TPSA) is 0 Å². The lowest BCUT2D eigenvalue weighted by Gasteiger charge is -2.07. The van der Waals surface area contributed by atoms with Crippen LogP contribution in [0, 0.1) is 38.5 Å². The van der Waals surface area contributed by atoms with Crippen molar-refractivity contribution in [2.45, 2.75) is 20.3 Å². The van der Waals surface area contributed by atoms with Crippen LogP contribution in [0.3, 0.4) is 0 Å². The molecule has 92 valence electrons. The summed E-state index contributed by atoms with van der Waals surface area (Å²) in [6.07, 6.45) is 11.8. The van der Waals surface area contributed by atoms with Gasteiger partial charge in [-0.1, -0.05) is 36.1 Å². The third kappa shape index (κ3) is 2.87. The van der Waals surface area contributed by atoms with Crippen LogP contribution in [0.4, 0.5) is 0 Å². The van der Waals surface area contributed by atoms with E-state index in [9.17, 15) is 0 Å². The molecule has 0 saturated carbocycles. The van der Waals surface area contributed by atoms with Crippen LogP contribution in [0.15, 0.2) is 36.4 Å². The predicted octanol–water partition coefficient (Wildman–Crippen LogP) is 3.86. The van der Waals surface area contributed by atoms with Gasteiger partial charge in [0.05, 0.1) is 0 Å². The van der Waals surface area contributed by atoms with Crippen molar-refractivity contribution in [1.82, 2.24) is 0 Å². The first-order valence-corrected chi connectivity index (χ1v) is 6.26. The summed E-state index contributed by atoms with van der Waals surface area (Å²) < 4.78 is 0. The molecule has 0 radical (unpaired) electrons. The number of rotatable bonds is 2. The zero-order valence-corrected chi connectivity index (χ0v) is 11.3. The number of terminal acetylenes is 2. The molecule has 2 rings (SSSR count). The van der Waals surface area contributed by atoms with E-state index in [1.165, 1.54) is 11.1 Å². The van der Waals surface area contributed by atoms with Gasteiger partial charge in [-0.05, 0) is 54.7 Å². The molecule has 0 unspecified atom stereocenters. The average Bonchev–Trinajstić information content (AvgIpc) is 2.39. The summed E-state index contributed by atoms with van der Waals surface area (Å²) in [6.45, 7) is 4.09. The highest BCUT2D eigenvalue weighted by Crippen LogP contribution is 2.16. The van der Waals surface area contributed by atoms with Gasteiger partial charge in [0.15, 0.2) is 0 Å². The predicted molar refractivity (Wildman–Crippen MR) is 81.0 cm³/mol. The summed E-state index contributed by atoms with van der Waals surface area (Å²) in [6, 6.07) is 12.5. The fourth-order valence-electron chi connectivity index (χ4n) is 2.23. The molecule has 2 aromatic rings. The monoisotopic (exact) mass is 244 g/mol. The van der Waals surface area contributed by atoms with Crippen LogP contribution >= 0.6 is 0 Å². The molecule has 0 N–H and O–H groups in total. The number of aryl methyl sites for hydroxylation is 2. The Bertz CT molecular complexity index is 629. The van der Waals surface area contributed by atoms with E-state index in [0.29, 0.717) is 0 Å². The Morgan fingerprint density at radius 2 is 1.21 bits per heavy atom. The molecule has 0 aromatic heterocycles. The summed E-state index contributed by atoms with van der Waals surface area (Å²) in [5.74, 6) is 5.38. The Balaban J connectivity index is 2.27. The Morgan fingerprint density at radius 3 is 1.53 bits per heavy atom. The Morgan fingerprint density at radius 1 is 0.789 bits per heavy atom. The summed E-state index contributed by atoms with van der Waals surface area (Å²) in [5, 5.41) is 0. The molecule has 0 atom stereocenters. The highest BCUT2D eigenvalue weighted by atomic mass is 14.1. The van der Waals surface area contributed by atoms with Gasteiger partial charge in [0.25, 0.3) is 0 Å². The van der Waals surface area contributed by atoms with Gasteiger partial charge in [-0.3, -0.25) is 0 Å². The molecule has 0 heteroatoms. The van der Waals surface area contributed by atoms with E-state index < -0.39 is 0 Å². The molecular weight excluding hydrogens is 228 g/mol. The Kier molecular flexibility index (Phi) is 3.74. The molecule has 0 saturated heterocycles. The fraction of sp³-hybridized carbons (Fsp3) is 0.158. The van der Waals surface area contributed by atoms with Crippen molar-refractivity contribution in [3.8, 4) is 24.7 Å². The number of benzene rings is 2. The molecule has 2 aromatic carbocycles. The van der Waals surface area contributed by atoms with Gasteiger partial charge in [-0.2, -0.15) is 0 Å². The quantitative estimate of drug-likeness (QED) is 0.704. The van der Waals surface area contributed by atoms with Gasteiger partial charge in [0, 0.05) is 11.1 Å². The molecule has 0 aliphatic carbocycles. The van der Waals surface area contributed by atoms with Gasteiger partial charge in [-0.15, -0.1) is 12.8 Å². The summed E-state index contributed by atoms with van der Waals surface area (Å²) in [4.78, 5) is 0. The SMILES string of the molecule is C#Cc1ccc(Cc2ccc(C#C)c(C)c2)cc1C. The maximum absolute atomic E-state index is 5.44. The minimum Gasteiger partial charge on any atom is -0.115 e. The normalized spacial score (nSPS) is 9.68. The first-order valence-electron chi connectivity index (χ1n) is 6.26. The molecule has 0 fully saturated rings. The van der Waals surface area contributed by atoms with Gasteiger partial charge < -0.3 is 0 Å². The van der Waals surface area contributed by atoms with Crippen LogP contribution in [-0.2, 0) is 6.42 Å². The molecule has 19 heavy (non-hydrogen) atoms. The maximum atomic E-state index is 5.44. The van der Waals surface area contributed by atoms with E-state index in [2.05, 4.69) is 36.1 Å². The minimum absolute atomic E-state index is 0.900. The van der Waals surface area contributed by atoms with E-state index in [4.69, 9.17) is 12.8 Å². The molecule has 0 amide bonds. The maximum Gasteiger partial charge on any atom is 0.0271 e. The van der Waals surface area contributed by atoms with Crippen LogP contribution in [0.2, 0.25) is 0 Å². The second kappa shape index (κ2) is 5.47. The summed E-state index contributed by atoms with van der Waals surface area (Å²) >= 11 is 0. The first kappa shape index (κ1) is 13.0. The molecule has 0 nitrogen and oxygen atoms in total.